The molecule has 0 aromatic carbocycles. The van der Waals surface area contributed by atoms with Gasteiger partial charge in [0.1, 0.15) is 0 Å². The van der Waals surface area contributed by atoms with Crippen molar-refractivity contribution in [2.75, 3.05) is 7.11 Å². The van der Waals surface area contributed by atoms with Crippen LogP contribution in [0.25, 0.3) is 0 Å². The SMILES string of the molecule is COC(=O)Cc1ccc(I)c(F)n1. The highest BCUT2D eigenvalue weighted by Crippen LogP contribution is 2.09. The van der Waals surface area contributed by atoms with Crippen molar-refractivity contribution in [3.05, 3.63) is 27.3 Å². The van der Waals surface area contributed by atoms with Gasteiger partial charge in [0, 0.05) is 0 Å². The highest BCUT2D eigenvalue weighted by Gasteiger charge is 2.06. The molecule has 0 unspecified atom stereocenters. The van der Waals surface area contributed by atoms with Gasteiger partial charge in [-0.1, -0.05) is 0 Å². The molecule has 0 amide bonds. The summed E-state index contributed by atoms with van der Waals surface area (Å²) in [6, 6.07) is 3.17. The fraction of sp³-hybridized carbons (Fsp3) is 0.250. The molecule has 0 fully saturated rings. The Bertz CT molecular complexity index is 330. The van der Waals surface area contributed by atoms with Crippen LogP contribution in [0.5, 0.6) is 0 Å². The Morgan fingerprint density at radius 2 is 2.38 bits per heavy atom. The van der Waals surface area contributed by atoms with Crippen LogP contribution < -0.4 is 0 Å². The van der Waals surface area contributed by atoms with Crippen LogP contribution in [-0.4, -0.2) is 18.1 Å². The summed E-state index contributed by atoms with van der Waals surface area (Å²) in [5.41, 5.74) is 0.379. The van der Waals surface area contributed by atoms with Gasteiger partial charge in [-0.05, 0) is 34.7 Å². The number of carbonyl (C=O) groups is 1. The smallest absolute Gasteiger partial charge is 0.311 e. The molecule has 0 saturated heterocycles. The van der Waals surface area contributed by atoms with Gasteiger partial charge in [-0.3, -0.25) is 4.79 Å². The summed E-state index contributed by atoms with van der Waals surface area (Å²) in [6.45, 7) is 0. The fourth-order valence-electron chi connectivity index (χ4n) is 0.773. The van der Waals surface area contributed by atoms with Crippen molar-refractivity contribution in [1.29, 1.82) is 0 Å². The highest BCUT2D eigenvalue weighted by atomic mass is 127. The van der Waals surface area contributed by atoms with E-state index in [1.807, 2.05) is 22.6 Å². The summed E-state index contributed by atoms with van der Waals surface area (Å²) in [5, 5.41) is 0. The predicted molar refractivity (Wildman–Crippen MR) is 52.6 cm³/mol. The molecular weight excluding hydrogens is 288 g/mol. The lowest BCUT2D eigenvalue weighted by atomic mass is 10.3. The monoisotopic (exact) mass is 295 g/mol. The summed E-state index contributed by atoms with van der Waals surface area (Å²) >= 11 is 1.83. The Labute approximate surface area is 88.4 Å². The second-order valence-electron chi connectivity index (χ2n) is 2.33. The number of methoxy groups -OCH3 is 1. The Hall–Kier alpha value is -0.720. The Morgan fingerprint density at radius 1 is 1.69 bits per heavy atom. The molecule has 0 radical (unpaired) electrons. The van der Waals surface area contributed by atoms with Crippen LogP contribution in [0, 0.1) is 9.52 Å². The molecular formula is C8H7FINO2. The van der Waals surface area contributed by atoms with Crippen molar-refractivity contribution in [2.24, 2.45) is 0 Å². The van der Waals surface area contributed by atoms with Crippen LogP contribution in [0.1, 0.15) is 5.69 Å². The minimum absolute atomic E-state index is 0.00431. The standard InChI is InChI=1S/C8H7FINO2/c1-13-7(12)4-5-2-3-6(10)8(9)11-5/h2-3H,4H2,1H3. The maximum absolute atomic E-state index is 12.9. The average Bonchev–Trinajstić information content (AvgIpc) is 2.11. The average molecular weight is 295 g/mol. The summed E-state index contributed by atoms with van der Waals surface area (Å²) in [7, 11) is 1.28. The first kappa shape index (κ1) is 10.4. The van der Waals surface area contributed by atoms with E-state index in [9.17, 15) is 9.18 Å². The fourth-order valence-corrected chi connectivity index (χ4v) is 1.07. The molecule has 0 aliphatic rings. The quantitative estimate of drug-likeness (QED) is 0.472. The first-order valence-corrected chi connectivity index (χ1v) is 4.59. The molecule has 1 heterocycles. The minimum atomic E-state index is -0.554. The lowest BCUT2D eigenvalue weighted by Crippen LogP contribution is -2.07. The van der Waals surface area contributed by atoms with E-state index in [1.54, 1.807) is 12.1 Å². The molecule has 1 aromatic rings. The molecule has 0 atom stereocenters. The maximum atomic E-state index is 12.9. The predicted octanol–water partition coefficient (Wildman–Crippen LogP) is 1.54. The van der Waals surface area contributed by atoms with Gasteiger partial charge < -0.3 is 4.74 Å². The molecule has 0 spiro atoms. The second kappa shape index (κ2) is 4.50. The third-order valence-electron chi connectivity index (χ3n) is 1.41. The van der Waals surface area contributed by atoms with Gasteiger partial charge in [0.2, 0.25) is 5.95 Å². The molecule has 1 rings (SSSR count). The largest absolute Gasteiger partial charge is 0.469 e. The number of esters is 1. The van der Waals surface area contributed by atoms with Gasteiger partial charge in [0.15, 0.2) is 0 Å². The number of hydrogen-bond donors (Lipinski definition) is 0. The maximum Gasteiger partial charge on any atom is 0.311 e. The van der Waals surface area contributed by atoms with Crippen molar-refractivity contribution in [1.82, 2.24) is 4.98 Å². The summed E-state index contributed by atoms with van der Waals surface area (Å²) < 4.78 is 17.7. The number of carbonyl (C=O) groups excluding carboxylic acids is 1. The van der Waals surface area contributed by atoms with Crippen molar-refractivity contribution >= 4 is 28.6 Å². The lowest BCUT2D eigenvalue weighted by Gasteiger charge is -1.99. The Morgan fingerprint density at radius 3 is 2.92 bits per heavy atom. The second-order valence-corrected chi connectivity index (χ2v) is 3.49. The first-order valence-electron chi connectivity index (χ1n) is 3.51. The van der Waals surface area contributed by atoms with Gasteiger partial charge in [-0.2, -0.15) is 4.39 Å². The molecule has 70 valence electrons. The molecule has 1 aromatic heterocycles. The molecule has 0 aliphatic heterocycles. The van der Waals surface area contributed by atoms with Gasteiger partial charge in [0.05, 0.1) is 22.8 Å². The van der Waals surface area contributed by atoms with Crippen LogP contribution in [0.15, 0.2) is 12.1 Å². The summed E-state index contributed by atoms with van der Waals surface area (Å²) in [6.07, 6.45) is 0.00431. The van der Waals surface area contributed by atoms with E-state index < -0.39 is 11.9 Å². The molecule has 0 bridgehead atoms. The zero-order valence-corrected chi connectivity index (χ0v) is 9.04. The van der Waals surface area contributed by atoms with Crippen LogP contribution in [0.3, 0.4) is 0 Å². The van der Waals surface area contributed by atoms with Gasteiger partial charge >= 0.3 is 5.97 Å². The van der Waals surface area contributed by atoms with Crippen LogP contribution >= 0.6 is 22.6 Å². The number of nitrogens with zero attached hydrogens (tertiary/aromatic N) is 1. The molecule has 3 nitrogen and oxygen atoms in total. The number of pyridine rings is 1. The number of halogens is 2. The third-order valence-corrected chi connectivity index (χ3v) is 2.22. The lowest BCUT2D eigenvalue weighted by molar-refractivity contribution is -0.139. The van der Waals surface area contributed by atoms with E-state index in [4.69, 9.17) is 0 Å². The Kier molecular flexibility index (Phi) is 3.58. The molecule has 0 N–H and O–H groups in total. The first-order chi connectivity index (χ1) is 6.13. The van der Waals surface area contributed by atoms with Crippen LogP contribution in [0.2, 0.25) is 0 Å². The number of aromatic nitrogens is 1. The topological polar surface area (TPSA) is 39.2 Å². The molecule has 0 aliphatic carbocycles. The zero-order valence-electron chi connectivity index (χ0n) is 6.88. The zero-order chi connectivity index (χ0) is 9.84. The minimum Gasteiger partial charge on any atom is -0.469 e. The third kappa shape index (κ3) is 2.91. The van der Waals surface area contributed by atoms with E-state index in [0.29, 0.717) is 9.26 Å². The molecule has 5 heteroatoms. The van der Waals surface area contributed by atoms with Crippen LogP contribution in [0.4, 0.5) is 4.39 Å². The van der Waals surface area contributed by atoms with E-state index in [2.05, 4.69) is 9.72 Å². The van der Waals surface area contributed by atoms with Crippen molar-refractivity contribution in [3.8, 4) is 0 Å². The van der Waals surface area contributed by atoms with Crippen molar-refractivity contribution in [2.45, 2.75) is 6.42 Å². The van der Waals surface area contributed by atoms with Crippen LogP contribution in [-0.2, 0) is 16.0 Å². The van der Waals surface area contributed by atoms with E-state index in [-0.39, 0.29) is 6.42 Å². The van der Waals surface area contributed by atoms with Crippen molar-refractivity contribution in [3.63, 3.8) is 0 Å². The molecule has 0 saturated carbocycles. The molecule has 13 heavy (non-hydrogen) atoms. The van der Waals surface area contributed by atoms with Crippen molar-refractivity contribution < 1.29 is 13.9 Å². The van der Waals surface area contributed by atoms with E-state index in [1.165, 1.54) is 7.11 Å². The highest BCUT2D eigenvalue weighted by molar-refractivity contribution is 14.1. The number of hydrogen-bond acceptors (Lipinski definition) is 3. The number of ether oxygens (including phenoxy) is 1. The van der Waals surface area contributed by atoms with Gasteiger partial charge in [-0.25, -0.2) is 4.98 Å². The Balaban J connectivity index is 2.79. The van der Waals surface area contributed by atoms with E-state index in [0.717, 1.165) is 0 Å². The summed E-state index contributed by atoms with van der Waals surface area (Å²) in [4.78, 5) is 14.4. The number of rotatable bonds is 2. The van der Waals surface area contributed by atoms with Gasteiger partial charge in [0.25, 0.3) is 0 Å². The normalized spacial score (nSPS) is 9.77. The summed E-state index contributed by atoms with van der Waals surface area (Å²) in [5.74, 6) is -0.977. The van der Waals surface area contributed by atoms with Gasteiger partial charge in [-0.15, -0.1) is 0 Å². The van der Waals surface area contributed by atoms with E-state index >= 15 is 0 Å².